The molecule has 1 atom stereocenters. The fourth-order valence-electron chi connectivity index (χ4n) is 1.41. The molecule has 1 heterocycles. The number of carboxylic acid groups (broad SMARTS) is 1. The van der Waals surface area contributed by atoms with Crippen molar-refractivity contribution in [1.29, 1.82) is 0 Å². The molecule has 8 nitrogen and oxygen atoms in total. The monoisotopic (exact) mass is 254 g/mol. The van der Waals surface area contributed by atoms with Crippen LogP contribution in [0.3, 0.4) is 0 Å². The molecule has 0 spiro atoms. The first-order chi connectivity index (χ1) is 8.43. The third-order valence-corrected chi connectivity index (χ3v) is 2.48. The van der Waals surface area contributed by atoms with Gasteiger partial charge in [0, 0.05) is 14.1 Å². The Balaban J connectivity index is 3.36. The van der Waals surface area contributed by atoms with Crippen molar-refractivity contribution >= 4 is 24.1 Å². The minimum atomic E-state index is -1.10. The van der Waals surface area contributed by atoms with Gasteiger partial charge in [-0.3, -0.25) is 9.59 Å². The summed E-state index contributed by atoms with van der Waals surface area (Å²) >= 11 is 0. The highest BCUT2D eigenvalue weighted by Gasteiger charge is 2.25. The molecule has 2 amide bonds. The fraction of sp³-hybridized carbons (Fsp3) is 0.400. The van der Waals surface area contributed by atoms with Gasteiger partial charge in [0.05, 0.1) is 6.33 Å². The van der Waals surface area contributed by atoms with Crippen LogP contribution in [0, 0.1) is 0 Å². The van der Waals surface area contributed by atoms with Crippen molar-refractivity contribution in [2.75, 3.05) is 19.0 Å². The van der Waals surface area contributed by atoms with Crippen LogP contribution in [0.4, 0.5) is 5.82 Å². The molecule has 0 fully saturated rings. The molecule has 0 saturated heterocycles. The van der Waals surface area contributed by atoms with Gasteiger partial charge >= 0.3 is 5.97 Å². The summed E-state index contributed by atoms with van der Waals surface area (Å²) in [5, 5.41) is 11.3. The second kappa shape index (κ2) is 5.30. The van der Waals surface area contributed by atoms with Gasteiger partial charge in [0.25, 0.3) is 5.91 Å². The highest BCUT2D eigenvalue weighted by molar-refractivity contribution is 5.99. The van der Waals surface area contributed by atoms with Crippen LogP contribution >= 0.6 is 0 Å². The minimum absolute atomic E-state index is 0.0296. The Kier molecular flexibility index (Phi) is 4.03. The Labute approximate surface area is 103 Å². The molecule has 2 N–H and O–H groups in total. The average molecular weight is 254 g/mol. The lowest BCUT2D eigenvalue weighted by atomic mass is 10.3. The Hall–Kier alpha value is -2.38. The quantitative estimate of drug-likeness (QED) is 0.688. The van der Waals surface area contributed by atoms with Crippen LogP contribution in [-0.4, -0.2) is 47.0 Å². The number of amides is 2. The lowest BCUT2D eigenvalue weighted by molar-refractivity contribution is -0.140. The summed E-state index contributed by atoms with van der Waals surface area (Å²) in [5.41, 5.74) is 0.0296. The Morgan fingerprint density at radius 3 is 2.67 bits per heavy atom. The van der Waals surface area contributed by atoms with Crippen LogP contribution in [0.1, 0.15) is 23.5 Å². The number of nitrogens with one attached hydrogen (secondary N) is 1. The number of carbonyl (C=O) groups is 3. The van der Waals surface area contributed by atoms with E-state index in [1.807, 2.05) is 0 Å². The number of aromatic nitrogens is 2. The molecular formula is C10H14N4O4. The molecule has 18 heavy (non-hydrogen) atoms. The van der Waals surface area contributed by atoms with Crippen molar-refractivity contribution in [1.82, 2.24) is 14.9 Å². The molecule has 0 aliphatic heterocycles. The topological polar surface area (TPSA) is 105 Å². The maximum absolute atomic E-state index is 11.8. The van der Waals surface area contributed by atoms with Gasteiger partial charge in [-0.1, -0.05) is 0 Å². The van der Waals surface area contributed by atoms with Crippen molar-refractivity contribution in [3.8, 4) is 0 Å². The number of hydrogen-bond donors (Lipinski definition) is 2. The van der Waals surface area contributed by atoms with E-state index >= 15 is 0 Å². The lowest BCUT2D eigenvalue weighted by Gasteiger charge is -2.14. The van der Waals surface area contributed by atoms with Crippen molar-refractivity contribution in [2.45, 2.75) is 13.0 Å². The first-order valence-electron chi connectivity index (χ1n) is 5.13. The van der Waals surface area contributed by atoms with Crippen molar-refractivity contribution in [3.05, 3.63) is 12.0 Å². The van der Waals surface area contributed by atoms with Gasteiger partial charge < -0.3 is 19.9 Å². The second-order valence-corrected chi connectivity index (χ2v) is 3.63. The van der Waals surface area contributed by atoms with Crippen LogP contribution in [0.5, 0.6) is 0 Å². The van der Waals surface area contributed by atoms with E-state index in [9.17, 15) is 14.4 Å². The number of anilines is 1. The fourth-order valence-corrected chi connectivity index (χ4v) is 1.41. The van der Waals surface area contributed by atoms with Crippen LogP contribution in [0.25, 0.3) is 0 Å². The summed E-state index contributed by atoms with van der Waals surface area (Å²) in [6.45, 7) is 1.42. The van der Waals surface area contributed by atoms with Crippen molar-refractivity contribution in [2.24, 2.45) is 0 Å². The van der Waals surface area contributed by atoms with Crippen molar-refractivity contribution < 1.29 is 19.5 Å². The molecule has 0 saturated carbocycles. The predicted octanol–water partition coefficient (Wildman–Crippen LogP) is -0.519. The van der Waals surface area contributed by atoms with E-state index in [1.54, 1.807) is 0 Å². The lowest BCUT2D eigenvalue weighted by Crippen LogP contribution is -2.28. The predicted molar refractivity (Wildman–Crippen MR) is 62.4 cm³/mol. The summed E-state index contributed by atoms with van der Waals surface area (Å²) < 4.78 is 1.20. The zero-order chi connectivity index (χ0) is 13.9. The van der Waals surface area contributed by atoms with Crippen LogP contribution in [-0.2, 0) is 9.59 Å². The largest absolute Gasteiger partial charge is 0.480 e. The zero-order valence-corrected chi connectivity index (χ0v) is 10.2. The Bertz CT molecular complexity index is 482. The molecule has 0 aromatic carbocycles. The molecule has 0 aliphatic carbocycles. The third kappa shape index (κ3) is 2.31. The average Bonchev–Trinajstić information content (AvgIpc) is 2.80. The number of imidazole rings is 1. The van der Waals surface area contributed by atoms with E-state index in [1.165, 1.54) is 31.9 Å². The number of rotatable bonds is 5. The van der Waals surface area contributed by atoms with Crippen molar-refractivity contribution in [3.63, 3.8) is 0 Å². The smallest absolute Gasteiger partial charge is 0.326 e. The summed E-state index contributed by atoms with van der Waals surface area (Å²) in [7, 11) is 2.84. The third-order valence-electron chi connectivity index (χ3n) is 2.48. The Morgan fingerprint density at radius 2 is 2.22 bits per heavy atom. The van der Waals surface area contributed by atoms with Crippen LogP contribution in [0.2, 0.25) is 0 Å². The first-order valence-corrected chi connectivity index (χ1v) is 5.13. The van der Waals surface area contributed by atoms with Crippen LogP contribution < -0.4 is 10.2 Å². The number of carboxylic acids is 1. The molecule has 1 aromatic heterocycles. The van der Waals surface area contributed by atoms with Gasteiger partial charge in [-0.15, -0.1) is 0 Å². The molecule has 98 valence electrons. The van der Waals surface area contributed by atoms with E-state index in [4.69, 9.17) is 5.11 Å². The van der Waals surface area contributed by atoms with Crippen LogP contribution in [0.15, 0.2) is 6.33 Å². The maximum Gasteiger partial charge on any atom is 0.326 e. The van der Waals surface area contributed by atoms with E-state index < -0.39 is 17.9 Å². The van der Waals surface area contributed by atoms with Gasteiger partial charge in [0.15, 0.2) is 11.5 Å². The van der Waals surface area contributed by atoms with E-state index in [2.05, 4.69) is 10.3 Å². The molecule has 0 bridgehead atoms. The minimum Gasteiger partial charge on any atom is -0.480 e. The van der Waals surface area contributed by atoms with E-state index in [0.717, 1.165) is 4.90 Å². The van der Waals surface area contributed by atoms with Gasteiger partial charge in [0.2, 0.25) is 6.41 Å². The molecule has 1 rings (SSSR count). The number of hydrogen-bond acceptors (Lipinski definition) is 4. The second-order valence-electron chi connectivity index (χ2n) is 3.63. The standard InChI is InChI=1S/C10H14N4O4/c1-6(10(17)18)14-4-12-8(13(3)5-15)7(14)9(16)11-2/h4-6H,1-3H3,(H,11,16)(H,17,18). The molecule has 8 heteroatoms. The van der Waals surface area contributed by atoms with E-state index in [0.29, 0.717) is 6.41 Å². The highest BCUT2D eigenvalue weighted by Crippen LogP contribution is 2.20. The maximum atomic E-state index is 11.8. The molecule has 1 unspecified atom stereocenters. The summed E-state index contributed by atoms with van der Waals surface area (Å²) in [6, 6.07) is -0.960. The summed E-state index contributed by atoms with van der Waals surface area (Å²) in [6.07, 6.45) is 1.71. The summed E-state index contributed by atoms with van der Waals surface area (Å²) in [5.74, 6) is -1.50. The number of nitrogens with zero attached hydrogens (tertiary/aromatic N) is 3. The first kappa shape index (κ1) is 13.7. The highest BCUT2D eigenvalue weighted by atomic mass is 16.4. The molecule has 0 radical (unpaired) electrons. The zero-order valence-electron chi connectivity index (χ0n) is 10.2. The number of aliphatic carboxylic acids is 1. The normalized spacial score (nSPS) is 11.7. The number of carbonyl (C=O) groups excluding carboxylic acids is 2. The molecule has 0 aliphatic rings. The molecule has 1 aromatic rings. The van der Waals surface area contributed by atoms with Gasteiger partial charge in [-0.2, -0.15) is 0 Å². The van der Waals surface area contributed by atoms with Gasteiger partial charge in [-0.25, -0.2) is 9.78 Å². The summed E-state index contributed by atoms with van der Waals surface area (Å²) in [4.78, 5) is 38.4. The van der Waals surface area contributed by atoms with E-state index in [-0.39, 0.29) is 11.5 Å². The molecular weight excluding hydrogens is 240 g/mol. The Morgan fingerprint density at radius 1 is 1.61 bits per heavy atom. The van der Waals surface area contributed by atoms with Gasteiger partial charge in [-0.05, 0) is 6.92 Å². The SMILES string of the molecule is CNC(=O)c1c(N(C)C=O)ncn1C(C)C(=O)O. The van der Waals surface area contributed by atoms with Gasteiger partial charge in [0.1, 0.15) is 6.04 Å².